The first-order valence-corrected chi connectivity index (χ1v) is 16.0. The molecule has 0 unspecified atom stereocenters. The number of phenolic OH excluding ortho intramolecular Hbond substituents is 2. The third-order valence-corrected chi connectivity index (χ3v) is 8.42. The number of sulfone groups is 1. The zero-order valence-corrected chi connectivity index (χ0v) is 23.9. The monoisotopic (exact) mass is 643 g/mol. The number of benzene rings is 3. The molecule has 0 saturated carbocycles. The van der Waals surface area contributed by atoms with E-state index in [9.17, 15) is 44.6 Å². The highest BCUT2D eigenvalue weighted by Gasteiger charge is 2.26. The molecule has 3 aromatic carbocycles. The molecule has 4 rings (SSSR count). The van der Waals surface area contributed by atoms with Crippen LogP contribution in [0.3, 0.4) is 0 Å². The molecule has 0 fully saturated rings. The van der Waals surface area contributed by atoms with Crippen LogP contribution in [0.15, 0.2) is 67.6 Å². The maximum Gasteiger partial charge on any atom is 0.296 e. The second-order valence-corrected chi connectivity index (χ2v) is 13.5. The number of hydrogen-bond acceptors (Lipinski definition) is 13. The first-order chi connectivity index (χ1) is 18.9. The highest BCUT2D eigenvalue weighted by atomic mass is 35.5. The predicted molar refractivity (Wildman–Crippen MR) is 146 cm³/mol. The second-order valence-electron chi connectivity index (χ2n) is 8.43. The van der Waals surface area contributed by atoms with E-state index in [1.165, 1.54) is 31.2 Å². The molecule has 0 atom stereocenters. The van der Waals surface area contributed by atoms with Crippen LogP contribution in [0.1, 0.15) is 5.69 Å². The zero-order chi connectivity index (χ0) is 30.5. The van der Waals surface area contributed by atoms with Crippen molar-refractivity contribution in [1.29, 1.82) is 0 Å². The van der Waals surface area contributed by atoms with Gasteiger partial charge in [-0.15, -0.1) is 10.2 Å². The Bertz CT molecular complexity index is 2100. The van der Waals surface area contributed by atoms with Crippen molar-refractivity contribution in [2.45, 2.75) is 21.9 Å². The largest absolute Gasteiger partial charge is 0.506 e. The summed E-state index contributed by atoms with van der Waals surface area (Å²) in [7, 11) is -14.0. The van der Waals surface area contributed by atoms with E-state index < -0.39 is 56.5 Å². The molecular formula is C22H18ClN5O10S3. The van der Waals surface area contributed by atoms with Crippen molar-refractivity contribution in [2.75, 3.05) is 11.6 Å². The SMILES string of the molecule is Cc1nc(S(C)(=O)=O)nc(Nc2cc(S(=O)(=O)O)cc3cc(S(=O)(=O)O)c(N=Nc4ccccc4O)c(O)c23)c1Cl. The van der Waals surface area contributed by atoms with Crippen LogP contribution in [0.2, 0.25) is 5.02 Å². The number of phenols is 2. The Kier molecular flexibility index (Phi) is 7.67. The molecule has 0 spiro atoms. The molecule has 0 aliphatic rings. The minimum absolute atomic E-state index is 0.00914. The highest BCUT2D eigenvalue weighted by Crippen LogP contribution is 2.46. The van der Waals surface area contributed by atoms with Gasteiger partial charge in [0.05, 0.1) is 16.3 Å². The summed E-state index contributed by atoms with van der Waals surface area (Å²) in [5, 5.41) is 29.6. The Hall–Kier alpha value is -3.94. The Labute approximate surface area is 237 Å². The number of anilines is 2. The minimum atomic E-state index is -5.13. The summed E-state index contributed by atoms with van der Waals surface area (Å²) in [4.78, 5) is 5.85. The lowest BCUT2D eigenvalue weighted by Gasteiger charge is -2.16. The summed E-state index contributed by atoms with van der Waals surface area (Å²) in [5.74, 6) is -1.66. The summed E-state index contributed by atoms with van der Waals surface area (Å²) in [6.45, 7) is 1.37. The van der Waals surface area contributed by atoms with E-state index in [-0.39, 0.29) is 44.4 Å². The van der Waals surface area contributed by atoms with Crippen LogP contribution < -0.4 is 5.32 Å². The number of rotatable bonds is 7. The van der Waals surface area contributed by atoms with Gasteiger partial charge in [0.2, 0.25) is 15.0 Å². The number of nitrogens with zero attached hydrogens (tertiary/aromatic N) is 4. The van der Waals surface area contributed by atoms with E-state index >= 15 is 0 Å². The second kappa shape index (κ2) is 10.5. The molecule has 0 bridgehead atoms. The molecule has 0 radical (unpaired) electrons. The van der Waals surface area contributed by atoms with Gasteiger partial charge in [-0.05, 0) is 42.6 Å². The van der Waals surface area contributed by atoms with Gasteiger partial charge < -0.3 is 15.5 Å². The normalized spacial score (nSPS) is 12.7. The smallest absolute Gasteiger partial charge is 0.296 e. The van der Waals surface area contributed by atoms with Gasteiger partial charge >= 0.3 is 0 Å². The minimum Gasteiger partial charge on any atom is -0.506 e. The number of fused-ring (bicyclic) bond motifs is 1. The van der Waals surface area contributed by atoms with Crippen molar-refractivity contribution >= 4 is 75.3 Å². The van der Waals surface area contributed by atoms with E-state index in [0.717, 1.165) is 24.5 Å². The van der Waals surface area contributed by atoms with Gasteiger partial charge in [-0.1, -0.05) is 23.7 Å². The van der Waals surface area contributed by atoms with Crippen LogP contribution in [0.4, 0.5) is 22.9 Å². The number of aryl methyl sites for hydroxylation is 1. The number of halogens is 1. The Balaban J connectivity index is 2.09. The summed E-state index contributed by atoms with van der Waals surface area (Å²) in [6, 6.07) is 7.90. The van der Waals surface area contributed by atoms with Crippen molar-refractivity contribution in [3.8, 4) is 11.5 Å². The molecule has 0 amide bonds. The topological polar surface area (TPSA) is 246 Å². The van der Waals surface area contributed by atoms with Gasteiger partial charge in [0, 0.05) is 11.6 Å². The first-order valence-electron chi connectivity index (χ1n) is 10.9. The van der Waals surface area contributed by atoms with Crippen LogP contribution in [-0.4, -0.2) is 60.8 Å². The molecule has 1 heterocycles. The molecule has 0 aliphatic carbocycles. The fourth-order valence-corrected chi connectivity index (χ4v) is 5.46. The van der Waals surface area contributed by atoms with Gasteiger partial charge in [-0.2, -0.15) is 21.8 Å². The Morgan fingerprint density at radius 2 is 1.56 bits per heavy atom. The van der Waals surface area contributed by atoms with Crippen molar-refractivity contribution in [3.05, 3.63) is 53.2 Å². The molecule has 15 nitrogen and oxygen atoms in total. The quantitative estimate of drug-likeness (QED) is 0.108. The summed E-state index contributed by atoms with van der Waals surface area (Å²) in [5.41, 5.74) is -1.31. The Morgan fingerprint density at radius 1 is 0.902 bits per heavy atom. The fourth-order valence-electron chi connectivity index (χ4n) is 3.56. The summed E-state index contributed by atoms with van der Waals surface area (Å²) in [6.07, 6.45) is 0.832. The van der Waals surface area contributed by atoms with Crippen LogP contribution in [0, 0.1) is 6.92 Å². The molecule has 0 aliphatic heterocycles. The number of aromatic hydroxyl groups is 2. The third-order valence-electron chi connectivity index (χ3n) is 5.42. The fraction of sp³-hybridized carbons (Fsp3) is 0.0909. The van der Waals surface area contributed by atoms with E-state index in [2.05, 4.69) is 25.5 Å². The highest BCUT2D eigenvalue weighted by molar-refractivity contribution is 7.90. The van der Waals surface area contributed by atoms with Crippen molar-refractivity contribution < 1.29 is 44.6 Å². The van der Waals surface area contributed by atoms with Crippen molar-refractivity contribution in [3.63, 3.8) is 0 Å². The number of para-hydroxylation sites is 1. The van der Waals surface area contributed by atoms with Crippen LogP contribution in [0.25, 0.3) is 10.8 Å². The number of nitrogens with one attached hydrogen (secondary N) is 1. The zero-order valence-electron chi connectivity index (χ0n) is 20.7. The van der Waals surface area contributed by atoms with E-state index in [0.29, 0.717) is 0 Å². The van der Waals surface area contributed by atoms with Gasteiger partial charge in [-0.25, -0.2) is 13.4 Å². The summed E-state index contributed by atoms with van der Waals surface area (Å²) < 4.78 is 92.2. The molecule has 41 heavy (non-hydrogen) atoms. The standard InChI is InChI=1S/C22H18ClN5O10S3/c1-10-18(23)21(26-22(24-10)39(2,31)32)25-14-9-12(40(33,34)35)7-11-8-16(41(36,37)38)19(20(30)17(11)14)28-27-13-5-3-4-6-15(13)29/h3-9,29-30H,1-2H3,(H,24,25,26)(H,33,34,35)(H,36,37,38). The Morgan fingerprint density at radius 3 is 2.15 bits per heavy atom. The lowest BCUT2D eigenvalue weighted by atomic mass is 10.1. The molecule has 4 aromatic rings. The van der Waals surface area contributed by atoms with Gasteiger partial charge in [0.15, 0.2) is 11.6 Å². The lowest BCUT2D eigenvalue weighted by Crippen LogP contribution is -2.09. The van der Waals surface area contributed by atoms with Gasteiger partial charge in [-0.3, -0.25) is 9.11 Å². The molecule has 5 N–H and O–H groups in total. The number of aromatic nitrogens is 2. The summed E-state index contributed by atoms with van der Waals surface area (Å²) >= 11 is 6.25. The van der Waals surface area contributed by atoms with E-state index in [1.54, 1.807) is 0 Å². The maximum absolute atomic E-state index is 12.2. The number of azo groups is 1. The molecule has 1 aromatic heterocycles. The first kappa shape index (κ1) is 30.0. The predicted octanol–water partition coefficient (Wildman–Crippen LogP) is 4.06. The molecular weight excluding hydrogens is 626 g/mol. The lowest BCUT2D eigenvalue weighted by molar-refractivity contribution is 0.471. The van der Waals surface area contributed by atoms with Crippen LogP contribution in [-0.2, 0) is 30.1 Å². The van der Waals surface area contributed by atoms with Crippen LogP contribution in [0.5, 0.6) is 11.5 Å². The third kappa shape index (κ3) is 6.21. The molecule has 19 heteroatoms. The van der Waals surface area contributed by atoms with Crippen molar-refractivity contribution in [1.82, 2.24) is 9.97 Å². The number of hydrogen-bond donors (Lipinski definition) is 5. The molecule has 216 valence electrons. The average Bonchev–Trinajstić information content (AvgIpc) is 2.84. The van der Waals surface area contributed by atoms with E-state index in [1.807, 2.05) is 0 Å². The van der Waals surface area contributed by atoms with Gasteiger partial charge in [0.25, 0.3) is 20.2 Å². The van der Waals surface area contributed by atoms with E-state index in [4.69, 9.17) is 11.6 Å². The van der Waals surface area contributed by atoms with Gasteiger partial charge in [0.1, 0.15) is 27.0 Å². The van der Waals surface area contributed by atoms with Crippen LogP contribution >= 0.6 is 11.6 Å². The van der Waals surface area contributed by atoms with Crippen molar-refractivity contribution in [2.24, 2.45) is 10.2 Å². The molecule has 0 saturated heterocycles. The average molecular weight is 644 g/mol. The maximum atomic E-state index is 12.2.